The summed E-state index contributed by atoms with van der Waals surface area (Å²) in [7, 11) is 0. The Hall–Kier alpha value is -5.06. The van der Waals surface area contributed by atoms with E-state index in [0.29, 0.717) is 0 Å². The molecule has 254 valence electrons. The maximum atomic E-state index is 2.63. The van der Waals surface area contributed by atoms with Crippen LogP contribution in [-0.2, 0) is 10.8 Å². The van der Waals surface area contributed by atoms with Gasteiger partial charge < -0.3 is 9.80 Å². The van der Waals surface area contributed by atoms with Crippen LogP contribution in [0.4, 0.5) is 34.1 Å². The Balaban J connectivity index is 1.30. The highest BCUT2D eigenvalue weighted by molar-refractivity contribution is 7.33. The van der Waals surface area contributed by atoms with Crippen molar-refractivity contribution in [2.45, 2.75) is 65.2 Å². The van der Waals surface area contributed by atoms with E-state index in [9.17, 15) is 0 Å². The largest absolute Gasteiger partial charge is 0.311 e. The second-order valence-corrected chi connectivity index (χ2v) is 17.7. The Kier molecular flexibility index (Phi) is 6.83. The minimum Gasteiger partial charge on any atom is -0.311 e. The second kappa shape index (κ2) is 11.2. The van der Waals surface area contributed by atoms with Gasteiger partial charge >= 0.3 is 0 Å². The van der Waals surface area contributed by atoms with Gasteiger partial charge in [0.2, 0.25) is 0 Å². The minimum atomic E-state index is 0.111. The van der Waals surface area contributed by atoms with E-state index in [1.165, 1.54) is 106 Å². The van der Waals surface area contributed by atoms with Gasteiger partial charge in [-0.2, -0.15) is 0 Å². The smallest absolute Gasteiger partial charge is 0.264 e. The molecule has 3 heterocycles. The second-order valence-electron chi connectivity index (χ2n) is 16.6. The molecule has 0 unspecified atom stereocenters. The summed E-state index contributed by atoms with van der Waals surface area (Å²) in [6.07, 6.45) is 2.40. The van der Waals surface area contributed by atoms with Crippen LogP contribution in [0.3, 0.4) is 0 Å². The van der Waals surface area contributed by atoms with E-state index in [0.717, 1.165) is 0 Å². The van der Waals surface area contributed by atoms with Crippen LogP contribution in [0.15, 0.2) is 127 Å². The Labute approximate surface area is 312 Å². The van der Waals surface area contributed by atoms with E-state index in [-0.39, 0.29) is 17.5 Å². The average molecular weight is 691 g/mol. The Morgan fingerprint density at radius 3 is 2.06 bits per heavy atom. The van der Waals surface area contributed by atoms with Gasteiger partial charge in [-0.3, -0.25) is 0 Å². The molecule has 0 fully saturated rings. The number of thiophene rings is 1. The molecule has 0 saturated heterocycles. The number of para-hydroxylation sites is 1. The molecular weight excluding hydrogens is 647 g/mol. The SMILES string of the molecule is Cc1ccc2c(c1)N(c1ccccc1-c1ccccc1)c1cc(C)cc3c1B2c1sc2ccccc2c1N3c1ccc2c(c1)C(C)(C)CCC2(C)C. The topological polar surface area (TPSA) is 6.48 Å². The van der Waals surface area contributed by atoms with Crippen molar-refractivity contribution in [3.05, 3.63) is 150 Å². The first-order chi connectivity index (χ1) is 25.1. The zero-order valence-electron chi connectivity index (χ0n) is 30.9. The molecule has 6 aromatic carbocycles. The van der Waals surface area contributed by atoms with Crippen molar-refractivity contribution in [1.82, 2.24) is 0 Å². The highest BCUT2D eigenvalue weighted by Gasteiger charge is 2.46. The average Bonchev–Trinajstić information content (AvgIpc) is 3.53. The van der Waals surface area contributed by atoms with Gasteiger partial charge in [0, 0.05) is 43.2 Å². The molecule has 4 heteroatoms. The molecular formula is C48H43BN2S. The van der Waals surface area contributed by atoms with Gasteiger partial charge in [-0.05, 0) is 119 Å². The fraction of sp³-hybridized carbons (Fsp3) is 0.208. The van der Waals surface area contributed by atoms with E-state index in [1.807, 2.05) is 11.3 Å². The van der Waals surface area contributed by atoms with Gasteiger partial charge in [-0.25, -0.2) is 0 Å². The fourth-order valence-corrected chi connectivity index (χ4v) is 10.8. The molecule has 0 bridgehead atoms. The van der Waals surface area contributed by atoms with Crippen molar-refractivity contribution in [1.29, 1.82) is 0 Å². The molecule has 2 aliphatic heterocycles. The van der Waals surface area contributed by atoms with Gasteiger partial charge in [-0.15, -0.1) is 11.3 Å². The minimum absolute atomic E-state index is 0.111. The highest BCUT2D eigenvalue weighted by Crippen LogP contribution is 2.52. The molecule has 0 amide bonds. The Morgan fingerprint density at radius 2 is 1.25 bits per heavy atom. The van der Waals surface area contributed by atoms with Crippen LogP contribution in [-0.4, -0.2) is 6.71 Å². The third-order valence-corrected chi connectivity index (χ3v) is 13.4. The molecule has 52 heavy (non-hydrogen) atoms. The van der Waals surface area contributed by atoms with Crippen molar-refractivity contribution in [2.75, 3.05) is 9.80 Å². The summed E-state index contributed by atoms with van der Waals surface area (Å²) in [4.78, 5) is 5.21. The van der Waals surface area contributed by atoms with Gasteiger partial charge in [0.1, 0.15) is 0 Å². The number of nitrogens with zero attached hydrogens (tertiary/aromatic N) is 2. The van der Waals surface area contributed by atoms with Crippen molar-refractivity contribution in [3.63, 3.8) is 0 Å². The summed E-state index contributed by atoms with van der Waals surface area (Å²) < 4.78 is 2.77. The summed E-state index contributed by atoms with van der Waals surface area (Å²) in [6, 6.07) is 48.3. The van der Waals surface area contributed by atoms with E-state index in [2.05, 4.69) is 179 Å². The lowest BCUT2D eigenvalue weighted by molar-refractivity contribution is 0.332. The van der Waals surface area contributed by atoms with Gasteiger partial charge in [0.05, 0.1) is 11.4 Å². The summed E-state index contributed by atoms with van der Waals surface area (Å²) >= 11 is 1.97. The molecule has 1 aliphatic carbocycles. The maximum Gasteiger partial charge on any atom is 0.264 e. The van der Waals surface area contributed by atoms with Gasteiger partial charge in [-0.1, -0.05) is 113 Å². The zero-order chi connectivity index (χ0) is 35.5. The van der Waals surface area contributed by atoms with Crippen LogP contribution in [0, 0.1) is 13.8 Å². The first-order valence-electron chi connectivity index (χ1n) is 18.8. The molecule has 2 nitrogen and oxygen atoms in total. The monoisotopic (exact) mass is 690 g/mol. The molecule has 3 aliphatic rings. The van der Waals surface area contributed by atoms with E-state index in [4.69, 9.17) is 0 Å². The zero-order valence-corrected chi connectivity index (χ0v) is 31.7. The third kappa shape index (κ3) is 4.56. The van der Waals surface area contributed by atoms with Crippen LogP contribution in [0.5, 0.6) is 0 Å². The van der Waals surface area contributed by atoms with Crippen molar-refractivity contribution in [3.8, 4) is 11.1 Å². The van der Waals surface area contributed by atoms with E-state index >= 15 is 0 Å². The molecule has 0 atom stereocenters. The first-order valence-corrected chi connectivity index (χ1v) is 19.6. The molecule has 0 N–H and O–H groups in total. The van der Waals surface area contributed by atoms with Crippen LogP contribution in [0.25, 0.3) is 21.2 Å². The predicted molar refractivity (Wildman–Crippen MR) is 226 cm³/mol. The molecule has 0 radical (unpaired) electrons. The Morgan fingerprint density at radius 1 is 0.577 bits per heavy atom. The standard InChI is InChI=1S/C48H43BN2S/c1-30-20-23-38-40(26-30)51(39-18-12-10-16-34(39)32-14-8-7-9-15-32)42-28-31(2)27-41-44(42)49(38)46-45(35-17-11-13-19-43(35)52-46)50(41)33-21-22-36-37(29-33)48(5,6)25-24-47(36,3)4/h7-23,26-29H,24-25H2,1-6H3. The van der Waals surface area contributed by atoms with Crippen molar-refractivity contribution in [2.24, 2.45) is 0 Å². The number of rotatable bonds is 3. The molecule has 0 saturated carbocycles. The van der Waals surface area contributed by atoms with Gasteiger partial charge in [0.15, 0.2) is 0 Å². The number of hydrogen-bond donors (Lipinski definition) is 0. The Bertz CT molecular complexity index is 2580. The van der Waals surface area contributed by atoms with Crippen LogP contribution in [0.1, 0.15) is 62.8 Å². The third-order valence-electron chi connectivity index (χ3n) is 12.2. The summed E-state index contributed by atoms with van der Waals surface area (Å²) in [6.45, 7) is 14.4. The lowest BCUT2D eigenvalue weighted by Crippen LogP contribution is -2.60. The molecule has 1 aromatic heterocycles. The number of anilines is 6. The van der Waals surface area contributed by atoms with Crippen LogP contribution in [0.2, 0.25) is 0 Å². The highest BCUT2D eigenvalue weighted by atomic mass is 32.1. The summed E-state index contributed by atoms with van der Waals surface area (Å²) in [5.41, 5.74) is 18.6. The van der Waals surface area contributed by atoms with Crippen LogP contribution < -0.4 is 25.5 Å². The quantitative estimate of drug-likeness (QED) is 0.170. The maximum absolute atomic E-state index is 2.63. The van der Waals surface area contributed by atoms with E-state index in [1.54, 1.807) is 0 Å². The number of benzene rings is 6. The fourth-order valence-electron chi connectivity index (χ4n) is 9.45. The number of fused-ring (bicyclic) bond motifs is 7. The molecule has 0 spiro atoms. The molecule has 10 rings (SSSR count). The summed E-state index contributed by atoms with van der Waals surface area (Å²) in [5, 5.41) is 1.33. The summed E-state index contributed by atoms with van der Waals surface area (Å²) in [5.74, 6) is 0. The van der Waals surface area contributed by atoms with Crippen LogP contribution >= 0.6 is 11.3 Å². The molecule has 7 aromatic rings. The lowest BCUT2D eigenvalue weighted by atomic mass is 9.36. The lowest BCUT2D eigenvalue weighted by Gasteiger charge is -2.45. The first kappa shape index (κ1) is 31.7. The van der Waals surface area contributed by atoms with Gasteiger partial charge in [0.25, 0.3) is 6.71 Å². The predicted octanol–water partition coefficient (Wildman–Crippen LogP) is 11.6. The normalized spacial score (nSPS) is 16.3. The van der Waals surface area contributed by atoms with E-state index < -0.39 is 0 Å². The van der Waals surface area contributed by atoms with Crippen molar-refractivity contribution >= 4 is 78.0 Å². The van der Waals surface area contributed by atoms with Crippen molar-refractivity contribution < 1.29 is 0 Å². The number of hydrogen-bond acceptors (Lipinski definition) is 3. The number of aryl methyl sites for hydroxylation is 2.